The molecule has 0 radical (unpaired) electrons. The van der Waals surface area contributed by atoms with Crippen LogP contribution in [0, 0.1) is 0 Å². The summed E-state index contributed by atoms with van der Waals surface area (Å²) in [7, 11) is -3.03. The van der Waals surface area contributed by atoms with Crippen LogP contribution in [0.2, 0.25) is 0 Å². The summed E-state index contributed by atoms with van der Waals surface area (Å²) in [6, 6.07) is 0. The third kappa shape index (κ3) is 4.23. The molecule has 0 fully saturated rings. The fraction of sp³-hybridized carbons (Fsp3) is 0.727. The molecule has 0 bridgehead atoms. The van der Waals surface area contributed by atoms with Gasteiger partial charge in [0.25, 0.3) is 0 Å². The highest BCUT2D eigenvalue weighted by atomic mass is 28.4. The van der Waals surface area contributed by atoms with Gasteiger partial charge in [0.1, 0.15) is 0 Å². The van der Waals surface area contributed by atoms with E-state index in [0.717, 1.165) is 0 Å². The number of hydrogen-bond acceptors (Lipinski definition) is 4. The summed E-state index contributed by atoms with van der Waals surface area (Å²) >= 11 is 0. The van der Waals surface area contributed by atoms with Crippen molar-refractivity contribution in [3.63, 3.8) is 0 Å². The van der Waals surface area contributed by atoms with Crippen LogP contribution in [0.5, 0.6) is 0 Å². The van der Waals surface area contributed by atoms with E-state index < -0.39 is 14.8 Å². The quantitative estimate of drug-likeness (QED) is 0.535. The lowest BCUT2D eigenvalue weighted by Crippen LogP contribution is -2.48. The highest BCUT2D eigenvalue weighted by Gasteiger charge is 2.44. The lowest BCUT2D eigenvalue weighted by Gasteiger charge is -2.29. The van der Waals surface area contributed by atoms with Crippen LogP contribution in [-0.4, -0.2) is 39.7 Å². The van der Waals surface area contributed by atoms with E-state index in [1.54, 1.807) is 6.92 Å². The van der Waals surface area contributed by atoms with Crippen molar-refractivity contribution >= 4 is 14.8 Å². The summed E-state index contributed by atoms with van der Waals surface area (Å²) in [4.78, 5) is 11.0. The molecule has 0 rings (SSSR count). The number of hydrogen-bond donors (Lipinski definition) is 1. The lowest BCUT2D eigenvalue weighted by atomic mass is 10.3. The first-order chi connectivity index (χ1) is 7.95. The minimum Gasteiger partial charge on any atom is -0.478 e. The second-order valence-electron chi connectivity index (χ2n) is 3.41. The summed E-state index contributed by atoms with van der Waals surface area (Å²) in [5.41, 5.74) is 0.229. The second-order valence-corrected chi connectivity index (χ2v) is 6.14. The number of allylic oxidation sites excluding steroid dienone is 1. The molecule has 0 heterocycles. The van der Waals surface area contributed by atoms with Gasteiger partial charge in [0, 0.05) is 30.6 Å². The molecular formula is C11H22O5Si. The normalized spacial score (nSPS) is 13.5. The van der Waals surface area contributed by atoms with E-state index >= 15 is 0 Å². The number of aliphatic carboxylic acids is 1. The summed E-state index contributed by atoms with van der Waals surface area (Å²) in [5, 5.41) is 9.58. The van der Waals surface area contributed by atoms with Crippen LogP contribution in [0.3, 0.4) is 0 Å². The van der Waals surface area contributed by atoms with Crippen LogP contribution < -0.4 is 0 Å². The number of carbonyl (C=O) groups is 1. The van der Waals surface area contributed by atoms with Gasteiger partial charge in [-0.3, -0.25) is 0 Å². The van der Waals surface area contributed by atoms with Gasteiger partial charge >= 0.3 is 14.8 Å². The van der Waals surface area contributed by atoms with E-state index in [4.69, 9.17) is 18.4 Å². The third-order valence-corrected chi connectivity index (χ3v) is 5.65. The first kappa shape index (κ1) is 16.3. The van der Waals surface area contributed by atoms with Crippen LogP contribution >= 0.6 is 0 Å². The molecule has 0 aromatic heterocycles. The second kappa shape index (κ2) is 7.60. The largest absolute Gasteiger partial charge is 0.533 e. The van der Waals surface area contributed by atoms with Crippen molar-refractivity contribution in [1.29, 1.82) is 0 Å². The molecule has 0 aliphatic carbocycles. The zero-order valence-electron chi connectivity index (χ0n) is 11.2. The van der Waals surface area contributed by atoms with Crippen molar-refractivity contribution in [2.24, 2.45) is 0 Å². The summed E-state index contributed by atoms with van der Waals surface area (Å²) in [6.45, 7) is 10.0. The van der Waals surface area contributed by atoms with E-state index in [0.29, 0.717) is 25.0 Å². The lowest BCUT2D eigenvalue weighted by molar-refractivity contribution is -0.132. The van der Waals surface area contributed by atoms with Crippen molar-refractivity contribution in [3.05, 3.63) is 10.8 Å². The number of rotatable bonds is 8. The van der Waals surface area contributed by atoms with Crippen LogP contribution in [0.15, 0.2) is 10.8 Å². The number of carboxylic acid groups (broad SMARTS) is 1. The van der Waals surface area contributed by atoms with Crippen molar-refractivity contribution in [2.45, 2.75) is 34.6 Å². The van der Waals surface area contributed by atoms with Crippen LogP contribution in [0.25, 0.3) is 0 Å². The maximum absolute atomic E-state index is 11.0. The summed E-state index contributed by atoms with van der Waals surface area (Å²) in [6.07, 6.45) is 0. The zero-order valence-corrected chi connectivity index (χ0v) is 12.2. The molecule has 6 heteroatoms. The van der Waals surface area contributed by atoms with E-state index in [2.05, 4.69) is 0 Å². The first-order valence-electron chi connectivity index (χ1n) is 5.78. The SMILES string of the molecule is CCO[Si](OCC)(OCC)/C(C)=C(\C)C(=O)O. The molecule has 0 aliphatic rings. The van der Waals surface area contributed by atoms with Crippen molar-refractivity contribution in [1.82, 2.24) is 0 Å². The van der Waals surface area contributed by atoms with E-state index in [1.807, 2.05) is 20.8 Å². The average Bonchev–Trinajstić information content (AvgIpc) is 2.27. The molecule has 1 N–H and O–H groups in total. The van der Waals surface area contributed by atoms with E-state index in [9.17, 15) is 4.79 Å². The molecule has 5 nitrogen and oxygen atoms in total. The molecule has 0 unspecified atom stereocenters. The Morgan fingerprint density at radius 1 is 1.00 bits per heavy atom. The molecular weight excluding hydrogens is 240 g/mol. The Bertz CT molecular complexity index is 271. The summed E-state index contributed by atoms with van der Waals surface area (Å²) in [5.74, 6) is -0.974. The third-order valence-electron chi connectivity index (χ3n) is 2.35. The Morgan fingerprint density at radius 2 is 1.35 bits per heavy atom. The Kier molecular flexibility index (Phi) is 7.29. The summed E-state index contributed by atoms with van der Waals surface area (Å²) < 4.78 is 16.9. The maximum atomic E-state index is 11.0. The topological polar surface area (TPSA) is 65.0 Å². The van der Waals surface area contributed by atoms with Gasteiger partial charge in [-0.15, -0.1) is 0 Å². The molecule has 0 saturated heterocycles. The minimum absolute atomic E-state index is 0.229. The van der Waals surface area contributed by atoms with Crippen LogP contribution in [0.4, 0.5) is 0 Å². The molecule has 0 atom stereocenters. The van der Waals surface area contributed by atoms with Crippen LogP contribution in [-0.2, 0) is 18.1 Å². The Labute approximate surface area is 104 Å². The Morgan fingerprint density at radius 3 is 1.59 bits per heavy atom. The van der Waals surface area contributed by atoms with Gasteiger partial charge in [-0.1, -0.05) is 0 Å². The van der Waals surface area contributed by atoms with Gasteiger partial charge in [0.15, 0.2) is 0 Å². The van der Waals surface area contributed by atoms with Crippen molar-refractivity contribution in [3.8, 4) is 0 Å². The van der Waals surface area contributed by atoms with E-state index in [-0.39, 0.29) is 5.57 Å². The monoisotopic (exact) mass is 262 g/mol. The standard InChI is InChI=1S/C11H22O5Si/c1-6-14-17(15-7-2,16-8-3)10(5)9(4)11(12)13/h6-8H2,1-5H3,(H,12,13)/b10-9+. The molecule has 0 spiro atoms. The fourth-order valence-corrected chi connectivity index (χ4v) is 4.02. The molecule has 0 aromatic carbocycles. The number of carboxylic acids is 1. The molecule has 0 saturated carbocycles. The van der Waals surface area contributed by atoms with Crippen molar-refractivity contribution in [2.75, 3.05) is 19.8 Å². The first-order valence-corrected chi connectivity index (χ1v) is 7.50. The smallest absolute Gasteiger partial charge is 0.478 e. The van der Waals surface area contributed by atoms with Gasteiger partial charge in [-0.25, -0.2) is 4.79 Å². The van der Waals surface area contributed by atoms with Crippen LogP contribution in [0.1, 0.15) is 34.6 Å². The van der Waals surface area contributed by atoms with Gasteiger partial charge in [-0.2, -0.15) is 0 Å². The molecule has 17 heavy (non-hydrogen) atoms. The van der Waals surface area contributed by atoms with Crippen molar-refractivity contribution < 1.29 is 23.2 Å². The zero-order chi connectivity index (χ0) is 13.5. The molecule has 0 amide bonds. The Balaban J connectivity index is 5.39. The van der Waals surface area contributed by atoms with Gasteiger partial charge in [0.05, 0.1) is 0 Å². The molecule has 0 aliphatic heterocycles. The Hall–Kier alpha value is -0.693. The molecule has 100 valence electrons. The average molecular weight is 262 g/mol. The van der Waals surface area contributed by atoms with Gasteiger partial charge in [-0.05, 0) is 34.6 Å². The minimum atomic E-state index is -3.03. The van der Waals surface area contributed by atoms with E-state index in [1.165, 1.54) is 6.92 Å². The predicted octanol–water partition coefficient (Wildman–Crippen LogP) is 1.99. The highest BCUT2D eigenvalue weighted by molar-refractivity contribution is 6.69. The molecule has 0 aromatic rings. The van der Waals surface area contributed by atoms with Gasteiger partial charge < -0.3 is 18.4 Å². The maximum Gasteiger partial charge on any atom is 0.533 e. The van der Waals surface area contributed by atoms with Gasteiger partial charge in [0.2, 0.25) is 0 Å². The fourth-order valence-electron chi connectivity index (χ4n) is 1.41. The predicted molar refractivity (Wildman–Crippen MR) is 66.6 cm³/mol. The highest BCUT2D eigenvalue weighted by Crippen LogP contribution is 2.23.